The largest absolute Gasteiger partial charge is 0.491 e. The van der Waals surface area contributed by atoms with E-state index in [1.165, 1.54) is 6.07 Å². The molecule has 1 aromatic heterocycles. The number of hydrogen-bond donors (Lipinski definition) is 1. The molecule has 1 N–H and O–H groups in total. The number of nitrogens with zero attached hydrogens (tertiary/aromatic N) is 2. The SMILES string of the molecule is CC(C)Oc1ccc2nc(Cc3ccccc3)n(-c3ccc(C(O)(C(F)(F)F)C(F)(F)F)cc3)c(=O)c2c1. The highest BCUT2D eigenvalue weighted by Gasteiger charge is 2.71. The monoisotopic (exact) mass is 536 g/mol. The molecule has 38 heavy (non-hydrogen) atoms. The first-order chi connectivity index (χ1) is 17.7. The first-order valence-corrected chi connectivity index (χ1v) is 11.5. The van der Waals surface area contributed by atoms with Crippen molar-refractivity contribution in [1.82, 2.24) is 9.55 Å². The summed E-state index contributed by atoms with van der Waals surface area (Å²) >= 11 is 0. The second-order valence-electron chi connectivity index (χ2n) is 8.93. The van der Waals surface area contributed by atoms with Crippen molar-refractivity contribution in [3.63, 3.8) is 0 Å². The van der Waals surface area contributed by atoms with E-state index in [1.807, 2.05) is 0 Å². The molecule has 0 saturated carbocycles. The maximum Gasteiger partial charge on any atom is 0.430 e. The van der Waals surface area contributed by atoms with Gasteiger partial charge in [0.1, 0.15) is 11.6 Å². The van der Waals surface area contributed by atoms with Crippen LogP contribution in [0.1, 0.15) is 30.8 Å². The number of aromatic nitrogens is 2. The molecule has 0 unspecified atom stereocenters. The van der Waals surface area contributed by atoms with Crippen LogP contribution in [0.15, 0.2) is 77.6 Å². The van der Waals surface area contributed by atoms with E-state index in [0.717, 1.165) is 22.3 Å². The lowest BCUT2D eigenvalue weighted by molar-refractivity contribution is -0.376. The third-order valence-electron chi connectivity index (χ3n) is 5.85. The lowest BCUT2D eigenvalue weighted by atomic mass is 9.92. The zero-order valence-electron chi connectivity index (χ0n) is 20.1. The van der Waals surface area contributed by atoms with Crippen LogP contribution in [0.2, 0.25) is 0 Å². The summed E-state index contributed by atoms with van der Waals surface area (Å²) in [6.07, 6.45) is -12.1. The fraction of sp³-hybridized carbons (Fsp3) is 0.259. The van der Waals surface area contributed by atoms with Crippen LogP contribution in [-0.2, 0) is 12.0 Å². The molecular weight excluding hydrogens is 514 g/mol. The number of hydrogen-bond acceptors (Lipinski definition) is 4. The van der Waals surface area contributed by atoms with Gasteiger partial charge >= 0.3 is 12.4 Å². The lowest BCUT2D eigenvalue weighted by Crippen LogP contribution is -2.53. The normalized spacial score (nSPS) is 12.8. The van der Waals surface area contributed by atoms with Gasteiger partial charge in [0.25, 0.3) is 11.2 Å². The van der Waals surface area contributed by atoms with E-state index < -0.39 is 29.1 Å². The number of ether oxygens (including phenoxy) is 1. The number of alkyl halides is 6. The maximum atomic E-state index is 13.6. The van der Waals surface area contributed by atoms with Crippen LogP contribution in [0.4, 0.5) is 26.3 Å². The second-order valence-corrected chi connectivity index (χ2v) is 8.93. The van der Waals surface area contributed by atoms with Gasteiger partial charge in [-0.1, -0.05) is 42.5 Å². The Kier molecular flexibility index (Phi) is 7.00. The molecule has 0 fully saturated rings. The van der Waals surface area contributed by atoms with Gasteiger partial charge in [0.05, 0.1) is 22.7 Å². The minimum absolute atomic E-state index is 0.0269. The van der Waals surface area contributed by atoms with Crippen molar-refractivity contribution in [2.24, 2.45) is 0 Å². The summed E-state index contributed by atoms with van der Waals surface area (Å²) in [6.45, 7) is 3.60. The Bertz CT molecular complexity index is 1480. The Morgan fingerprint density at radius 2 is 1.50 bits per heavy atom. The third kappa shape index (κ3) is 4.98. The van der Waals surface area contributed by atoms with E-state index in [9.17, 15) is 36.2 Å². The average molecular weight is 536 g/mol. The van der Waals surface area contributed by atoms with Gasteiger partial charge < -0.3 is 9.84 Å². The Morgan fingerprint density at radius 1 is 0.895 bits per heavy atom. The Hall–Kier alpha value is -3.86. The average Bonchev–Trinajstić information content (AvgIpc) is 2.83. The van der Waals surface area contributed by atoms with Gasteiger partial charge in [0.2, 0.25) is 0 Å². The molecule has 0 bridgehead atoms. The molecule has 0 atom stereocenters. The molecule has 0 aliphatic rings. The van der Waals surface area contributed by atoms with Gasteiger partial charge in [-0.15, -0.1) is 0 Å². The standard InChI is InChI=1S/C27H22F6N2O3/c1-16(2)38-20-12-13-22-21(15-20)24(36)35(23(34-22)14-17-6-4-3-5-7-17)19-10-8-18(9-11-19)25(37,26(28,29)30)27(31,32)33/h3-13,15-16,37H,14H2,1-2H3. The number of aliphatic hydroxyl groups is 1. The summed E-state index contributed by atoms with van der Waals surface area (Å²) in [4.78, 5) is 18.2. The number of halogens is 6. The summed E-state index contributed by atoms with van der Waals surface area (Å²) in [5.74, 6) is 0.602. The number of rotatable bonds is 6. The predicted octanol–water partition coefficient (Wildman–Crippen LogP) is 6.08. The molecule has 4 rings (SSSR count). The van der Waals surface area contributed by atoms with Gasteiger partial charge in [-0.2, -0.15) is 26.3 Å². The Labute approximate surface area is 212 Å². The predicted molar refractivity (Wildman–Crippen MR) is 128 cm³/mol. The minimum atomic E-state index is -6.03. The number of fused-ring (bicyclic) bond motifs is 1. The van der Waals surface area contributed by atoms with E-state index in [4.69, 9.17) is 4.74 Å². The van der Waals surface area contributed by atoms with E-state index in [0.29, 0.717) is 23.4 Å². The first-order valence-electron chi connectivity index (χ1n) is 11.5. The van der Waals surface area contributed by atoms with Crippen LogP contribution >= 0.6 is 0 Å². The fourth-order valence-electron chi connectivity index (χ4n) is 4.06. The van der Waals surface area contributed by atoms with Crippen molar-refractivity contribution in [2.45, 2.75) is 44.3 Å². The van der Waals surface area contributed by atoms with Crippen LogP contribution in [0, 0.1) is 0 Å². The summed E-state index contributed by atoms with van der Waals surface area (Å²) < 4.78 is 86.8. The molecule has 0 saturated heterocycles. The van der Waals surface area contributed by atoms with Crippen molar-refractivity contribution < 1.29 is 36.2 Å². The van der Waals surface area contributed by atoms with Crippen LogP contribution in [-0.4, -0.2) is 33.1 Å². The van der Waals surface area contributed by atoms with Crippen LogP contribution < -0.4 is 10.3 Å². The Balaban J connectivity index is 1.91. The first kappa shape index (κ1) is 27.2. The highest BCUT2D eigenvalue weighted by Crippen LogP contribution is 2.50. The fourth-order valence-corrected chi connectivity index (χ4v) is 4.06. The van der Waals surface area contributed by atoms with Crippen molar-refractivity contribution in [3.8, 4) is 11.4 Å². The maximum absolute atomic E-state index is 13.6. The lowest BCUT2D eigenvalue weighted by Gasteiger charge is -2.32. The molecular formula is C27H22F6N2O3. The summed E-state index contributed by atoms with van der Waals surface area (Å²) in [6, 6.07) is 16.5. The molecule has 0 aliphatic carbocycles. The Morgan fingerprint density at radius 3 is 2.05 bits per heavy atom. The van der Waals surface area contributed by atoms with Crippen molar-refractivity contribution >= 4 is 10.9 Å². The molecule has 200 valence electrons. The molecule has 3 aromatic carbocycles. The minimum Gasteiger partial charge on any atom is -0.491 e. The van der Waals surface area contributed by atoms with Crippen LogP contribution in [0.25, 0.3) is 16.6 Å². The zero-order valence-corrected chi connectivity index (χ0v) is 20.1. The third-order valence-corrected chi connectivity index (χ3v) is 5.85. The van der Waals surface area contributed by atoms with E-state index in [-0.39, 0.29) is 29.4 Å². The summed E-state index contributed by atoms with van der Waals surface area (Å²) in [7, 11) is 0. The highest BCUT2D eigenvalue weighted by atomic mass is 19.4. The van der Waals surface area contributed by atoms with Gasteiger partial charge in [-0.3, -0.25) is 9.36 Å². The van der Waals surface area contributed by atoms with Gasteiger partial charge in [-0.05, 0) is 49.7 Å². The van der Waals surface area contributed by atoms with Crippen molar-refractivity contribution in [3.05, 3.63) is 100 Å². The van der Waals surface area contributed by atoms with Crippen LogP contribution in [0.5, 0.6) is 5.75 Å². The smallest absolute Gasteiger partial charge is 0.430 e. The van der Waals surface area contributed by atoms with Gasteiger partial charge in [0.15, 0.2) is 0 Å². The summed E-state index contributed by atoms with van der Waals surface area (Å²) in [5.41, 5.74) is -6.02. The van der Waals surface area contributed by atoms with Crippen molar-refractivity contribution in [2.75, 3.05) is 0 Å². The zero-order chi connectivity index (χ0) is 27.9. The molecule has 1 heterocycles. The van der Waals surface area contributed by atoms with Gasteiger partial charge in [-0.25, -0.2) is 4.98 Å². The van der Waals surface area contributed by atoms with Gasteiger partial charge in [0, 0.05) is 12.0 Å². The molecule has 5 nitrogen and oxygen atoms in total. The quantitative estimate of drug-likeness (QED) is 0.304. The molecule has 0 aliphatic heterocycles. The number of benzene rings is 3. The molecule has 4 aromatic rings. The van der Waals surface area contributed by atoms with E-state index in [1.54, 1.807) is 56.3 Å². The molecule has 11 heteroatoms. The summed E-state index contributed by atoms with van der Waals surface area (Å²) in [5, 5.41) is 9.86. The second kappa shape index (κ2) is 9.79. The molecule has 0 radical (unpaired) electrons. The highest BCUT2D eigenvalue weighted by molar-refractivity contribution is 5.79. The van der Waals surface area contributed by atoms with E-state index in [2.05, 4.69) is 4.98 Å². The van der Waals surface area contributed by atoms with Crippen LogP contribution in [0.3, 0.4) is 0 Å². The molecule has 0 spiro atoms. The molecule has 0 amide bonds. The van der Waals surface area contributed by atoms with Crippen molar-refractivity contribution in [1.29, 1.82) is 0 Å². The topological polar surface area (TPSA) is 64.3 Å². The van der Waals surface area contributed by atoms with E-state index >= 15 is 0 Å².